The molecule has 1 heterocycles. The van der Waals surface area contributed by atoms with Crippen LogP contribution >= 0.6 is 0 Å². The summed E-state index contributed by atoms with van der Waals surface area (Å²) in [6.07, 6.45) is 9.25. The number of rotatable bonds is 11. The second-order valence-corrected chi connectivity index (χ2v) is 16.5. The van der Waals surface area contributed by atoms with E-state index in [1.807, 2.05) is 6.20 Å². The first kappa shape index (κ1) is 39.4. The van der Waals surface area contributed by atoms with Crippen molar-refractivity contribution in [2.75, 3.05) is 0 Å². The van der Waals surface area contributed by atoms with Crippen molar-refractivity contribution in [3.63, 3.8) is 0 Å². The average Bonchev–Trinajstić information content (AvgIpc) is 3.51. The Morgan fingerprint density at radius 2 is 1.04 bits per heavy atom. The first-order valence-corrected chi connectivity index (χ1v) is 20.3. The van der Waals surface area contributed by atoms with Crippen molar-refractivity contribution >= 4 is 0 Å². The Bertz CT molecular complexity index is 2420. The molecule has 0 spiro atoms. The van der Waals surface area contributed by atoms with Crippen LogP contribution in [0.3, 0.4) is 0 Å². The molecule has 1 aliphatic carbocycles. The van der Waals surface area contributed by atoms with E-state index in [0.29, 0.717) is 0 Å². The molecule has 1 nitrogen and oxygen atoms in total. The van der Waals surface area contributed by atoms with E-state index in [2.05, 4.69) is 186 Å². The molecular formula is C54H52IrN-. The Morgan fingerprint density at radius 3 is 1.55 bits per heavy atom. The Labute approximate surface area is 348 Å². The molecule has 8 rings (SSSR count). The molecule has 0 saturated heterocycles. The Morgan fingerprint density at radius 1 is 0.518 bits per heavy atom. The third kappa shape index (κ3) is 7.75. The van der Waals surface area contributed by atoms with Crippen LogP contribution in [-0.2, 0) is 30.9 Å². The molecule has 1 aromatic heterocycles. The predicted molar refractivity (Wildman–Crippen MR) is 234 cm³/mol. The van der Waals surface area contributed by atoms with Crippen molar-refractivity contribution in [2.45, 2.75) is 84.0 Å². The first-order valence-electron chi connectivity index (χ1n) is 20.3. The van der Waals surface area contributed by atoms with E-state index in [1.54, 1.807) is 0 Å². The molecule has 1 radical (unpaired) electrons. The molecule has 0 amide bonds. The van der Waals surface area contributed by atoms with Gasteiger partial charge in [-0.25, -0.2) is 0 Å². The third-order valence-electron chi connectivity index (χ3n) is 11.8. The molecule has 283 valence electrons. The van der Waals surface area contributed by atoms with Crippen molar-refractivity contribution in [1.82, 2.24) is 4.98 Å². The van der Waals surface area contributed by atoms with E-state index in [1.165, 1.54) is 99.7 Å². The molecule has 0 saturated carbocycles. The molecular weight excluding hydrogens is 855 g/mol. The van der Waals surface area contributed by atoms with Crippen LogP contribution in [0.15, 0.2) is 152 Å². The largest absolute Gasteiger partial charge is 0.304 e. The molecule has 0 fully saturated rings. The topological polar surface area (TPSA) is 12.9 Å². The van der Waals surface area contributed by atoms with E-state index in [4.69, 9.17) is 4.98 Å². The van der Waals surface area contributed by atoms with Gasteiger partial charge in [-0.05, 0) is 97.8 Å². The maximum Gasteiger partial charge on any atom is 0.0239 e. The fraction of sp³-hybridized carbons (Fsp3) is 0.241. The van der Waals surface area contributed by atoms with Crippen molar-refractivity contribution in [3.05, 3.63) is 175 Å². The summed E-state index contributed by atoms with van der Waals surface area (Å²) in [6.45, 7) is 11.4. The summed E-state index contributed by atoms with van der Waals surface area (Å²) in [5, 5.41) is 0. The molecule has 0 unspecified atom stereocenters. The molecule has 7 aromatic rings. The maximum atomic E-state index is 5.05. The zero-order valence-electron chi connectivity index (χ0n) is 33.5. The normalized spacial score (nSPS) is 12.8. The van der Waals surface area contributed by atoms with E-state index in [0.717, 1.165) is 22.4 Å². The van der Waals surface area contributed by atoms with Crippen LogP contribution in [0.4, 0.5) is 0 Å². The van der Waals surface area contributed by atoms with Crippen molar-refractivity contribution in [3.8, 4) is 66.9 Å². The maximum absolute atomic E-state index is 5.05. The van der Waals surface area contributed by atoms with Crippen LogP contribution in [0.1, 0.15) is 89.8 Å². The van der Waals surface area contributed by atoms with Gasteiger partial charge in [0, 0.05) is 31.7 Å². The minimum atomic E-state index is 0. The van der Waals surface area contributed by atoms with Crippen molar-refractivity contribution < 1.29 is 20.1 Å². The predicted octanol–water partition coefficient (Wildman–Crippen LogP) is 15.2. The van der Waals surface area contributed by atoms with Crippen LogP contribution in [-0.4, -0.2) is 4.98 Å². The van der Waals surface area contributed by atoms with Gasteiger partial charge in [-0.1, -0.05) is 187 Å². The molecule has 0 aliphatic heterocycles. The van der Waals surface area contributed by atoms with Crippen LogP contribution in [0.5, 0.6) is 0 Å². The van der Waals surface area contributed by atoms with Gasteiger partial charge in [0.05, 0.1) is 0 Å². The van der Waals surface area contributed by atoms with Gasteiger partial charge in [-0.3, -0.25) is 0 Å². The number of aromatic nitrogens is 1. The van der Waals surface area contributed by atoms with Gasteiger partial charge in [0.2, 0.25) is 0 Å². The van der Waals surface area contributed by atoms with Gasteiger partial charge in [0.15, 0.2) is 0 Å². The number of pyridine rings is 1. The van der Waals surface area contributed by atoms with E-state index < -0.39 is 0 Å². The van der Waals surface area contributed by atoms with Gasteiger partial charge in [-0.15, -0.1) is 29.3 Å². The molecule has 6 aromatic carbocycles. The minimum absolute atomic E-state index is 0. The van der Waals surface area contributed by atoms with Crippen LogP contribution in [0, 0.1) is 6.07 Å². The summed E-state index contributed by atoms with van der Waals surface area (Å²) in [7, 11) is 0. The van der Waals surface area contributed by atoms with Gasteiger partial charge < -0.3 is 4.98 Å². The Kier molecular flexibility index (Phi) is 11.7. The average molecular weight is 907 g/mol. The van der Waals surface area contributed by atoms with Crippen molar-refractivity contribution in [2.24, 2.45) is 0 Å². The van der Waals surface area contributed by atoms with Crippen molar-refractivity contribution in [1.29, 1.82) is 0 Å². The summed E-state index contributed by atoms with van der Waals surface area (Å²) in [5.74, 6) is 0. The van der Waals surface area contributed by atoms with E-state index in [9.17, 15) is 0 Å². The second-order valence-electron chi connectivity index (χ2n) is 16.5. The second kappa shape index (κ2) is 16.7. The number of unbranched alkanes of at least 4 members (excludes halogenated alkanes) is 2. The monoisotopic (exact) mass is 907 g/mol. The quantitative estimate of drug-likeness (QED) is 0.118. The van der Waals surface area contributed by atoms with E-state index in [-0.39, 0.29) is 30.9 Å². The standard InChI is InChI=1S/C54H52N.Ir/c1-6-8-31-54(32-9-7-2)50-22-11-10-21-48(50)49-29-25-45(36-51(49)54)52-30-26-46(37-55-52)44-20-14-19-43(35-44)42-18-13-17-41(34-42)40-16-12-15-39(33-40)38-23-27-47(28-24-38)53(3,4)5;/h10-24,26-30,33-37H,6-9,31-32H2,1-5H3;/q-1;. The van der Waals surface area contributed by atoms with Crippen LogP contribution < -0.4 is 0 Å². The molecule has 0 atom stereocenters. The number of hydrogen-bond donors (Lipinski definition) is 0. The number of nitrogens with zero attached hydrogens (tertiary/aromatic N) is 1. The fourth-order valence-electron chi connectivity index (χ4n) is 8.68. The van der Waals surface area contributed by atoms with E-state index >= 15 is 0 Å². The summed E-state index contributed by atoms with van der Waals surface area (Å²) >= 11 is 0. The molecule has 1 aliphatic rings. The summed E-state index contributed by atoms with van der Waals surface area (Å²) in [4.78, 5) is 5.05. The SMILES string of the molecule is CCCCC1(CCCC)c2ccccc2-c2c[c-]c(-c3ccc(-c4cccc(-c5cccc(-c6cccc(-c7ccc(C(C)(C)C)cc7)c6)c5)c4)cn3)cc21.[Ir]. The first-order chi connectivity index (χ1) is 26.8. The van der Waals surface area contributed by atoms with Gasteiger partial charge in [-0.2, -0.15) is 0 Å². The van der Waals surface area contributed by atoms with Gasteiger partial charge in [0.25, 0.3) is 0 Å². The van der Waals surface area contributed by atoms with Gasteiger partial charge >= 0.3 is 0 Å². The smallest absolute Gasteiger partial charge is 0.0239 e. The molecule has 56 heavy (non-hydrogen) atoms. The number of hydrogen-bond acceptors (Lipinski definition) is 1. The van der Waals surface area contributed by atoms with Crippen LogP contribution in [0.25, 0.3) is 66.9 Å². The zero-order valence-corrected chi connectivity index (χ0v) is 35.9. The number of fused-ring (bicyclic) bond motifs is 3. The molecule has 0 bridgehead atoms. The number of benzene rings is 6. The molecule has 0 N–H and O–H groups in total. The van der Waals surface area contributed by atoms with Gasteiger partial charge in [0.1, 0.15) is 0 Å². The molecule has 2 heteroatoms. The third-order valence-corrected chi connectivity index (χ3v) is 11.8. The summed E-state index contributed by atoms with van der Waals surface area (Å²) < 4.78 is 0. The fourth-order valence-corrected chi connectivity index (χ4v) is 8.68. The summed E-state index contributed by atoms with van der Waals surface area (Å²) in [5.41, 5.74) is 18.9. The Hall–Kier alpha value is -4.88. The Balaban J connectivity index is 0.00000480. The zero-order chi connectivity index (χ0) is 38.0. The minimum Gasteiger partial charge on any atom is -0.304 e. The summed E-state index contributed by atoms with van der Waals surface area (Å²) in [6, 6.07) is 57.4. The van der Waals surface area contributed by atoms with Crippen LogP contribution in [0.2, 0.25) is 0 Å².